The molecule has 1 fully saturated rings. The van der Waals surface area contributed by atoms with E-state index in [0.717, 1.165) is 19.0 Å². The molecule has 0 radical (unpaired) electrons. The molecule has 5 nitrogen and oxygen atoms in total. The molecule has 0 aliphatic carbocycles. The van der Waals surface area contributed by atoms with Crippen LogP contribution in [-0.4, -0.2) is 67.6 Å². The summed E-state index contributed by atoms with van der Waals surface area (Å²) in [5.74, 6) is -0.0606. The third kappa shape index (κ3) is 2.87. The molecule has 0 amide bonds. The van der Waals surface area contributed by atoms with Gasteiger partial charge in [0.1, 0.15) is 0 Å². The number of hydrogen-bond donors (Lipinski definition) is 0. The second-order valence-electron chi connectivity index (χ2n) is 4.67. The van der Waals surface area contributed by atoms with E-state index in [2.05, 4.69) is 14.4 Å². The first-order valence-electron chi connectivity index (χ1n) is 5.61. The van der Waals surface area contributed by atoms with E-state index in [1.165, 1.54) is 0 Å². The largest absolute Gasteiger partial charge is 0.550 e. The molecule has 0 aromatic carbocycles. The molecule has 0 N–H and O–H groups in total. The molecule has 1 heterocycles. The van der Waals surface area contributed by atoms with Gasteiger partial charge in [0.05, 0.1) is 41.3 Å². The molecule has 0 aromatic rings. The zero-order valence-corrected chi connectivity index (χ0v) is 10.6. The van der Waals surface area contributed by atoms with Gasteiger partial charge in [-0.05, 0) is 12.8 Å². The summed E-state index contributed by atoms with van der Waals surface area (Å²) in [6, 6.07) is 0. The normalized spacial score (nSPS) is 17.1. The standard InChI is InChI=1S/C11H21N3O2/c1-12(2)11(13(3)4)14-7-5-9(6-8-14)10(15)16/h9H,5-8H2,1-4H3. The number of hydrogen-bond acceptors (Lipinski definition) is 2. The molecule has 0 aromatic heterocycles. The topological polar surface area (TPSA) is 49.6 Å². The molecule has 1 saturated heterocycles. The molecule has 1 aliphatic rings. The Morgan fingerprint density at radius 1 is 1.31 bits per heavy atom. The lowest BCUT2D eigenvalue weighted by atomic mass is 9.97. The van der Waals surface area contributed by atoms with Crippen LogP contribution in [0.2, 0.25) is 0 Å². The molecular formula is C11H21N3O2. The van der Waals surface area contributed by atoms with Crippen LogP contribution in [0.1, 0.15) is 12.8 Å². The monoisotopic (exact) mass is 227 g/mol. The maximum atomic E-state index is 10.7. The first-order valence-corrected chi connectivity index (χ1v) is 5.61. The molecule has 0 spiro atoms. The van der Waals surface area contributed by atoms with E-state index in [-0.39, 0.29) is 5.92 Å². The van der Waals surface area contributed by atoms with Gasteiger partial charge in [0, 0.05) is 11.9 Å². The number of rotatable bonds is 1. The summed E-state index contributed by atoms with van der Waals surface area (Å²) >= 11 is 0. The second kappa shape index (κ2) is 5.18. The number of carbonyl (C=O) groups excluding carboxylic acids is 1. The van der Waals surface area contributed by atoms with Gasteiger partial charge in [0.25, 0.3) is 0 Å². The van der Waals surface area contributed by atoms with Crippen molar-refractivity contribution in [2.24, 2.45) is 5.92 Å². The van der Waals surface area contributed by atoms with Gasteiger partial charge >= 0.3 is 5.96 Å². The highest BCUT2D eigenvalue weighted by Gasteiger charge is 2.28. The maximum Gasteiger partial charge on any atom is 0.349 e. The Bertz CT molecular complexity index is 288. The number of carboxylic acids is 1. The molecule has 1 aliphatic heterocycles. The molecule has 92 valence electrons. The van der Waals surface area contributed by atoms with Crippen molar-refractivity contribution >= 4 is 11.9 Å². The van der Waals surface area contributed by atoms with Gasteiger partial charge in [-0.1, -0.05) is 0 Å². The minimum Gasteiger partial charge on any atom is -0.550 e. The van der Waals surface area contributed by atoms with Crippen LogP contribution in [0.25, 0.3) is 0 Å². The fourth-order valence-corrected chi connectivity index (χ4v) is 2.28. The Labute approximate surface area is 97.0 Å². The smallest absolute Gasteiger partial charge is 0.349 e. The Hall–Kier alpha value is -1.26. The van der Waals surface area contributed by atoms with E-state index in [4.69, 9.17) is 0 Å². The number of piperidine rings is 1. The second-order valence-corrected chi connectivity index (χ2v) is 4.67. The van der Waals surface area contributed by atoms with E-state index in [9.17, 15) is 9.90 Å². The Morgan fingerprint density at radius 2 is 1.81 bits per heavy atom. The lowest BCUT2D eigenvalue weighted by Gasteiger charge is -2.32. The Morgan fingerprint density at radius 3 is 2.12 bits per heavy atom. The van der Waals surface area contributed by atoms with Crippen LogP contribution in [0.4, 0.5) is 0 Å². The number of aliphatic carboxylic acids is 1. The van der Waals surface area contributed by atoms with Crippen molar-refractivity contribution in [1.29, 1.82) is 0 Å². The fraction of sp³-hybridized carbons (Fsp3) is 0.818. The quantitative estimate of drug-likeness (QED) is 0.315. The van der Waals surface area contributed by atoms with Crippen molar-refractivity contribution in [3.05, 3.63) is 0 Å². The summed E-state index contributed by atoms with van der Waals surface area (Å²) in [4.78, 5) is 15.0. The number of likely N-dealkylation sites (tertiary alicyclic amines) is 1. The Kier molecular flexibility index (Phi) is 4.15. The summed E-state index contributed by atoms with van der Waals surface area (Å²) in [6.45, 7) is 1.56. The number of carbonyl (C=O) groups is 1. The van der Waals surface area contributed by atoms with Gasteiger partial charge in [0.2, 0.25) is 0 Å². The van der Waals surface area contributed by atoms with Crippen molar-refractivity contribution in [3.8, 4) is 0 Å². The van der Waals surface area contributed by atoms with Gasteiger partial charge in [0.15, 0.2) is 0 Å². The zero-order chi connectivity index (χ0) is 12.3. The van der Waals surface area contributed by atoms with E-state index in [1.54, 1.807) is 0 Å². The molecule has 0 atom stereocenters. The first kappa shape index (κ1) is 12.8. The first-order chi connectivity index (χ1) is 7.43. The molecule has 5 heteroatoms. The number of guanidine groups is 1. The van der Waals surface area contributed by atoms with Gasteiger partial charge < -0.3 is 9.90 Å². The summed E-state index contributed by atoms with van der Waals surface area (Å²) in [7, 11) is 8.00. The summed E-state index contributed by atoms with van der Waals surface area (Å²) in [6.07, 6.45) is 1.35. The number of nitrogens with zero attached hydrogens (tertiary/aromatic N) is 3. The molecule has 0 saturated carbocycles. The zero-order valence-electron chi connectivity index (χ0n) is 10.6. The maximum absolute atomic E-state index is 10.7. The highest BCUT2D eigenvalue weighted by atomic mass is 16.4. The highest BCUT2D eigenvalue weighted by molar-refractivity contribution is 5.75. The lowest BCUT2D eigenvalue weighted by Crippen LogP contribution is -2.50. The summed E-state index contributed by atoms with van der Waals surface area (Å²) in [5.41, 5.74) is 0. The minimum absolute atomic E-state index is 0.276. The molecule has 1 rings (SSSR count). The summed E-state index contributed by atoms with van der Waals surface area (Å²) < 4.78 is 2.05. The third-order valence-electron chi connectivity index (χ3n) is 2.91. The minimum atomic E-state index is -0.907. The van der Waals surface area contributed by atoms with Crippen molar-refractivity contribution in [2.45, 2.75) is 12.8 Å². The number of carboxylic acid groups (broad SMARTS) is 1. The van der Waals surface area contributed by atoms with Crippen LogP contribution in [-0.2, 0) is 4.79 Å². The molecular weight excluding hydrogens is 206 g/mol. The van der Waals surface area contributed by atoms with Crippen molar-refractivity contribution < 1.29 is 14.5 Å². The average molecular weight is 227 g/mol. The van der Waals surface area contributed by atoms with Gasteiger partial charge in [-0.15, -0.1) is 0 Å². The van der Waals surface area contributed by atoms with Crippen molar-refractivity contribution in [1.82, 2.24) is 9.80 Å². The molecule has 0 unspecified atom stereocenters. The van der Waals surface area contributed by atoms with Crippen molar-refractivity contribution in [2.75, 3.05) is 41.3 Å². The van der Waals surface area contributed by atoms with Crippen LogP contribution in [0.3, 0.4) is 0 Å². The van der Waals surface area contributed by atoms with Gasteiger partial charge in [-0.25, -0.2) is 0 Å². The van der Waals surface area contributed by atoms with E-state index >= 15 is 0 Å². The molecule has 16 heavy (non-hydrogen) atoms. The van der Waals surface area contributed by atoms with Crippen LogP contribution in [0.15, 0.2) is 0 Å². The van der Waals surface area contributed by atoms with E-state index < -0.39 is 5.97 Å². The van der Waals surface area contributed by atoms with Crippen LogP contribution in [0.5, 0.6) is 0 Å². The van der Waals surface area contributed by atoms with Crippen molar-refractivity contribution in [3.63, 3.8) is 0 Å². The van der Waals surface area contributed by atoms with Gasteiger partial charge in [-0.2, -0.15) is 0 Å². The fourth-order valence-electron chi connectivity index (χ4n) is 2.28. The predicted octanol–water partition coefficient (Wildman–Crippen LogP) is -1.36. The van der Waals surface area contributed by atoms with E-state index in [0.29, 0.717) is 12.8 Å². The average Bonchev–Trinajstić information content (AvgIpc) is 2.17. The van der Waals surface area contributed by atoms with Crippen LogP contribution in [0, 0.1) is 5.92 Å². The van der Waals surface area contributed by atoms with Crippen LogP contribution >= 0.6 is 0 Å². The third-order valence-corrected chi connectivity index (χ3v) is 2.91. The Balaban J connectivity index is 2.66. The van der Waals surface area contributed by atoms with Gasteiger partial charge in [-0.3, -0.25) is 14.4 Å². The summed E-state index contributed by atoms with van der Waals surface area (Å²) in [5, 5.41) is 10.7. The van der Waals surface area contributed by atoms with E-state index in [1.807, 2.05) is 28.2 Å². The lowest BCUT2D eigenvalue weighted by molar-refractivity contribution is -0.476. The predicted molar refractivity (Wildman–Crippen MR) is 60.1 cm³/mol. The molecule has 0 bridgehead atoms. The SMILES string of the molecule is CN(C)C(N1CCC(C(=O)[O-])CC1)=[N+](C)C. The highest BCUT2D eigenvalue weighted by Crippen LogP contribution is 2.16. The van der Waals surface area contributed by atoms with Crippen LogP contribution < -0.4 is 5.11 Å².